The van der Waals surface area contributed by atoms with Gasteiger partial charge < -0.3 is 5.11 Å². The van der Waals surface area contributed by atoms with E-state index in [2.05, 4.69) is 0 Å². The summed E-state index contributed by atoms with van der Waals surface area (Å²) in [6, 6.07) is 6.48. The van der Waals surface area contributed by atoms with Gasteiger partial charge >= 0.3 is 0 Å². The van der Waals surface area contributed by atoms with Crippen molar-refractivity contribution in [2.75, 3.05) is 0 Å². The zero-order valence-electron chi connectivity index (χ0n) is 9.42. The standard InChI is InChI=1S/C11H17NO3S/c1-8(2)10(13)7-9-5-3-4-6-11(9)16(12,14)15/h3-6,8,10,13H,7H2,1-2H3,(H2,12,14,15). The summed E-state index contributed by atoms with van der Waals surface area (Å²) in [7, 11) is -3.72. The van der Waals surface area contributed by atoms with Crippen molar-refractivity contribution in [1.82, 2.24) is 0 Å². The van der Waals surface area contributed by atoms with Crippen molar-refractivity contribution in [2.45, 2.75) is 31.3 Å². The summed E-state index contributed by atoms with van der Waals surface area (Å²) in [4.78, 5) is 0.0923. The van der Waals surface area contributed by atoms with Crippen LogP contribution in [0.3, 0.4) is 0 Å². The molecular weight excluding hydrogens is 226 g/mol. The van der Waals surface area contributed by atoms with Gasteiger partial charge in [0.15, 0.2) is 0 Å². The summed E-state index contributed by atoms with van der Waals surface area (Å²) in [6.45, 7) is 3.76. The Balaban J connectivity index is 3.06. The lowest BCUT2D eigenvalue weighted by molar-refractivity contribution is 0.125. The summed E-state index contributed by atoms with van der Waals surface area (Å²) < 4.78 is 22.6. The summed E-state index contributed by atoms with van der Waals surface area (Å²) in [5.41, 5.74) is 0.561. The second-order valence-electron chi connectivity index (χ2n) is 4.17. The molecule has 0 fully saturated rings. The highest BCUT2D eigenvalue weighted by atomic mass is 32.2. The van der Waals surface area contributed by atoms with Crippen molar-refractivity contribution in [1.29, 1.82) is 0 Å². The maximum Gasteiger partial charge on any atom is 0.238 e. The first kappa shape index (κ1) is 13.2. The number of nitrogens with two attached hydrogens (primary N) is 1. The van der Waals surface area contributed by atoms with Gasteiger partial charge in [-0.25, -0.2) is 13.6 Å². The van der Waals surface area contributed by atoms with Crippen LogP contribution in [0.15, 0.2) is 29.2 Å². The summed E-state index contributed by atoms with van der Waals surface area (Å²) in [5, 5.41) is 14.8. The largest absolute Gasteiger partial charge is 0.393 e. The van der Waals surface area contributed by atoms with Crippen LogP contribution in [0.25, 0.3) is 0 Å². The monoisotopic (exact) mass is 243 g/mol. The van der Waals surface area contributed by atoms with Gasteiger partial charge in [0.25, 0.3) is 0 Å². The summed E-state index contributed by atoms with van der Waals surface area (Å²) in [6.07, 6.45) is -0.271. The second-order valence-corrected chi connectivity index (χ2v) is 5.70. The van der Waals surface area contributed by atoms with E-state index in [-0.39, 0.29) is 10.8 Å². The van der Waals surface area contributed by atoms with E-state index in [1.165, 1.54) is 6.07 Å². The van der Waals surface area contributed by atoms with Gasteiger partial charge in [0, 0.05) is 0 Å². The van der Waals surface area contributed by atoms with Crippen LogP contribution in [-0.4, -0.2) is 19.6 Å². The minimum absolute atomic E-state index is 0.0773. The Morgan fingerprint density at radius 1 is 1.31 bits per heavy atom. The Morgan fingerprint density at radius 3 is 2.38 bits per heavy atom. The Morgan fingerprint density at radius 2 is 1.88 bits per heavy atom. The minimum atomic E-state index is -3.72. The third-order valence-electron chi connectivity index (χ3n) is 2.48. The lowest BCUT2D eigenvalue weighted by atomic mass is 9.99. The van der Waals surface area contributed by atoms with Crippen LogP contribution in [0.4, 0.5) is 0 Å². The average molecular weight is 243 g/mol. The van der Waals surface area contributed by atoms with Gasteiger partial charge in [-0.3, -0.25) is 0 Å². The second kappa shape index (κ2) is 4.95. The molecule has 1 atom stereocenters. The van der Waals surface area contributed by atoms with Crippen LogP contribution in [0.5, 0.6) is 0 Å². The van der Waals surface area contributed by atoms with Gasteiger partial charge in [0.1, 0.15) is 0 Å². The Bertz CT molecular complexity index is 454. The van der Waals surface area contributed by atoms with Crippen molar-refractivity contribution in [2.24, 2.45) is 11.1 Å². The quantitative estimate of drug-likeness (QED) is 0.824. The normalized spacial score (nSPS) is 14.1. The Labute approximate surface area is 96.2 Å². The topological polar surface area (TPSA) is 80.4 Å². The lowest BCUT2D eigenvalue weighted by Crippen LogP contribution is -2.21. The van der Waals surface area contributed by atoms with Crippen LogP contribution in [0.2, 0.25) is 0 Å². The van der Waals surface area contributed by atoms with Gasteiger partial charge in [0.2, 0.25) is 10.0 Å². The molecule has 3 N–H and O–H groups in total. The first-order chi connectivity index (χ1) is 7.32. The number of primary sulfonamides is 1. The van der Waals surface area contributed by atoms with Crippen LogP contribution < -0.4 is 5.14 Å². The zero-order valence-corrected chi connectivity index (χ0v) is 10.2. The number of sulfonamides is 1. The molecule has 5 heteroatoms. The first-order valence-corrected chi connectivity index (χ1v) is 6.65. The van der Waals surface area contributed by atoms with Crippen LogP contribution in [0, 0.1) is 5.92 Å². The smallest absolute Gasteiger partial charge is 0.238 e. The van der Waals surface area contributed by atoms with Crippen LogP contribution in [0.1, 0.15) is 19.4 Å². The maximum absolute atomic E-state index is 11.3. The molecule has 16 heavy (non-hydrogen) atoms. The predicted octanol–water partition coefficient (Wildman–Crippen LogP) is 0.893. The first-order valence-electron chi connectivity index (χ1n) is 5.11. The van der Waals surface area contributed by atoms with Gasteiger partial charge in [-0.2, -0.15) is 0 Å². The molecule has 0 amide bonds. The highest BCUT2D eigenvalue weighted by molar-refractivity contribution is 7.89. The van der Waals surface area contributed by atoms with E-state index in [0.717, 1.165) is 0 Å². The molecule has 0 saturated heterocycles. The molecule has 0 saturated carbocycles. The third-order valence-corrected chi connectivity index (χ3v) is 3.49. The van der Waals surface area contributed by atoms with Crippen molar-refractivity contribution in [3.05, 3.63) is 29.8 Å². The molecule has 0 aliphatic carbocycles. The molecule has 0 bridgehead atoms. The van der Waals surface area contributed by atoms with E-state index >= 15 is 0 Å². The van der Waals surface area contributed by atoms with Gasteiger partial charge in [-0.1, -0.05) is 32.0 Å². The van der Waals surface area contributed by atoms with Gasteiger partial charge in [-0.15, -0.1) is 0 Å². The fourth-order valence-electron chi connectivity index (χ4n) is 1.41. The number of hydrogen-bond donors (Lipinski definition) is 2. The molecule has 1 unspecified atom stereocenters. The summed E-state index contributed by atoms with van der Waals surface area (Å²) >= 11 is 0. The Hall–Kier alpha value is -0.910. The number of rotatable bonds is 4. The van der Waals surface area contributed by atoms with E-state index in [1.807, 2.05) is 13.8 Å². The van der Waals surface area contributed by atoms with E-state index in [1.54, 1.807) is 18.2 Å². The van der Waals surface area contributed by atoms with Crippen molar-refractivity contribution < 1.29 is 13.5 Å². The van der Waals surface area contributed by atoms with Crippen molar-refractivity contribution >= 4 is 10.0 Å². The van der Waals surface area contributed by atoms with Crippen LogP contribution in [-0.2, 0) is 16.4 Å². The van der Waals surface area contributed by atoms with E-state index in [0.29, 0.717) is 12.0 Å². The van der Waals surface area contributed by atoms with Crippen molar-refractivity contribution in [3.63, 3.8) is 0 Å². The minimum Gasteiger partial charge on any atom is -0.393 e. The molecule has 90 valence electrons. The molecule has 0 heterocycles. The summed E-state index contributed by atoms with van der Waals surface area (Å²) in [5.74, 6) is 0.0773. The molecule has 1 rings (SSSR count). The van der Waals surface area contributed by atoms with Gasteiger partial charge in [-0.05, 0) is 24.0 Å². The SMILES string of the molecule is CC(C)C(O)Cc1ccccc1S(N)(=O)=O. The zero-order chi connectivity index (χ0) is 12.3. The van der Waals surface area contributed by atoms with Gasteiger partial charge in [0.05, 0.1) is 11.0 Å². The number of hydrogen-bond acceptors (Lipinski definition) is 3. The molecule has 0 radical (unpaired) electrons. The van der Waals surface area contributed by atoms with E-state index < -0.39 is 16.1 Å². The molecule has 1 aromatic carbocycles. The fourth-order valence-corrected chi connectivity index (χ4v) is 2.20. The third kappa shape index (κ3) is 3.30. The molecular formula is C11H17NO3S. The van der Waals surface area contributed by atoms with E-state index in [9.17, 15) is 13.5 Å². The lowest BCUT2D eigenvalue weighted by Gasteiger charge is -2.15. The molecule has 1 aromatic rings. The molecule has 0 aliphatic rings. The van der Waals surface area contributed by atoms with Crippen molar-refractivity contribution in [3.8, 4) is 0 Å². The molecule has 0 aromatic heterocycles. The highest BCUT2D eigenvalue weighted by Crippen LogP contribution is 2.17. The van der Waals surface area contributed by atoms with E-state index in [4.69, 9.17) is 5.14 Å². The average Bonchev–Trinajstić information content (AvgIpc) is 2.16. The van der Waals surface area contributed by atoms with Crippen LogP contribution >= 0.6 is 0 Å². The fraction of sp³-hybridized carbons (Fsp3) is 0.455. The number of aliphatic hydroxyl groups excluding tert-OH is 1. The predicted molar refractivity (Wildman–Crippen MR) is 62.4 cm³/mol. The molecule has 4 nitrogen and oxygen atoms in total. The molecule has 0 spiro atoms. The maximum atomic E-state index is 11.3. The number of aliphatic hydroxyl groups is 1. The molecule has 0 aliphatic heterocycles. The number of benzene rings is 1. The Kier molecular flexibility index (Phi) is 4.07. The highest BCUT2D eigenvalue weighted by Gasteiger charge is 2.17.